The molecule has 0 aliphatic carbocycles. The molecule has 19 heavy (non-hydrogen) atoms. The van der Waals surface area contributed by atoms with Crippen LogP contribution in [0.15, 0.2) is 18.7 Å². The molecule has 0 spiro atoms. The monoisotopic (exact) mass is 316 g/mol. The summed E-state index contributed by atoms with van der Waals surface area (Å²) in [6.07, 6.45) is 6.14. The predicted molar refractivity (Wildman–Crippen MR) is 63.7 cm³/mol. The molecule has 1 aromatic heterocycles. The molecule has 0 bridgehead atoms. The third-order valence-electron chi connectivity index (χ3n) is 1.93. The summed E-state index contributed by atoms with van der Waals surface area (Å²) < 4.78 is 66.1. The van der Waals surface area contributed by atoms with E-state index in [1.165, 1.54) is 0 Å². The minimum Gasteiger partial charge on any atom is -0.726 e. The fraction of sp³-hybridized carbons (Fsp3) is 0.625. The number of imidazole rings is 1. The van der Waals surface area contributed by atoms with Crippen LogP contribution in [-0.2, 0) is 33.6 Å². The molecule has 0 fully saturated rings. The molecule has 0 saturated heterocycles. The Morgan fingerprint density at radius 1 is 1.26 bits per heavy atom. The number of rotatable bonds is 5. The summed E-state index contributed by atoms with van der Waals surface area (Å²) >= 11 is 0. The molecule has 0 aliphatic heterocycles. The van der Waals surface area contributed by atoms with Gasteiger partial charge in [0.2, 0.25) is 16.7 Å². The third kappa shape index (κ3) is 13.2. The molecule has 0 unspecified atom stereocenters. The minimum absolute atomic E-state index is 0.183. The molecule has 112 valence electrons. The summed E-state index contributed by atoms with van der Waals surface area (Å²) in [7, 11) is -8.73. The van der Waals surface area contributed by atoms with Crippen molar-refractivity contribution in [1.29, 1.82) is 0 Å². The first-order valence-electron chi connectivity index (χ1n) is 5.19. The lowest BCUT2D eigenvalue weighted by molar-refractivity contribution is -0.696. The van der Waals surface area contributed by atoms with Crippen molar-refractivity contribution in [2.75, 3.05) is 5.75 Å². The predicted octanol–water partition coefficient (Wildman–Crippen LogP) is -0.922. The highest BCUT2D eigenvalue weighted by atomic mass is 32.3. The molecule has 0 aromatic carbocycles. The van der Waals surface area contributed by atoms with Gasteiger partial charge in [-0.2, -0.15) is 8.42 Å². The Morgan fingerprint density at radius 2 is 1.79 bits per heavy atom. The van der Waals surface area contributed by atoms with E-state index in [1.807, 2.05) is 34.8 Å². The van der Waals surface area contributed by atoms with Crippen LogP contribution >= 0.6 is 0 Å². The second kappa shape index (κ2) is 7.55. The van der Waals surface area contributed by atoms with Crippen molar-refractivity contribution < 1.29 is 35.1 Å². The van der Waals surface area contributed by atoms with Crippen LogP contribution in [0.2, 0.25) is 0 Å². The summed E-state index contributed by atoms with van der Waals surface area (Å²) in [6.45, 7) is 3.53. The molecule has 0 radical (unpaired) electrons. The molecular formula is C8H16N2O7S2. The summed E-state index contributed by atoms with van der Waals surface area (Å²) in [4.78, 5) is 0. The van der Waals surface area contributed by atoms with Gasteiger partial charge in [-0.05, 0) is 6.92 Å². The van der Waals surface area contributed by atoms with E-state index in [2.05, 4.69) is 0 Å². The average Bonchev–Trinajstić information content (AvgIpc) is 2.61. The molecule has 11 heteroatoms. The van der Waals surface area contributed by atoms with Crippen molar-refractivity contribution in [3.63, 3.8) is 0 Å². The number of hydrogen-bond acceptors (Lipinski definition) is 5. The average molecular weight is 316 g/mol. The first-order chi connectivity index (χ1) is 8.51. The summed E-state index contributed by atoms with van der Waals surface area (Å²) in [5.41, 5.74) is 0. The van der Waals surface area contributed by atoms with E-state index in [0.29, 0.717) is 13.0 Å². The molecule has 1 aromatic rings. The van der Waals surface area contributed by atoms with Crippen LogP contribution in [-0.4, -0.2) is 40.8 Å². The van der Waals surface area contributed by atoms with Crippen molar-refractivity contribution >= 4 is 20.5 Å². The maximum absolute atomic E-state index is 10.4. The highest BCUT2D eigenvalue weighted by Crippen LogP contribution is 1.89. The third-order valence-corrected chi connectivity index (χ3v) is 2.73. The van der Waals surface area contributed by atoms with Crippen LogP contribution in [0.1, 0.15) is 13.3 Å². The van der Waals surface area contributed by atoms with Gasteiger partial charge >= 0.3 is 0 Å². The molecule has 0 amide bonds. The molecule has 2 N–H and O–H groups in total. The second-order valence-electron chi connectivity index (χ2n) is 3.55. The van der Waals surface area contributed by atoms with Crippen LogP contribution in [0.5, 0.6) is 0 Å². The number of aromatic nitrogens is 2. The van der Waals surface area contributed by atoms with Crippen LogP contribution in [0, 0.1) is 0 Å². The van der Waals surface area contributed by atoms with Gasteiger partial charge in [-0.1, -0.05) is 0 Å². The Kier molecular flexibility index (Phi) is 7.15. The Morgan fingerprint density at radius 3 is 2.16 bits per heavy atom. The van der Waals surface area contributed by atoms with Gasteiger partial charge in [0.05, 0.1) is 18.8 Å². The van der Waals surface area contributed by atoms with E-state index in [0.717, 1.165) is 6.54 Å². The van der Waals surface area contributed by atoms with E-state index in [-0.39, 0.29) is 5.75 Å². The Balaban J connectivity index is 0.000000555. The maximum Gasteiger partial charge on any atom is 0.265 e. The van der Waals surface area contributed by atoms with Gasteiger partial charge < -0.3 is 4.55 Å². The van der Waals surface area contributed by atoms with E-state index in [4.69, 9.17) is 22.1 Å². The van der Waals surface area contributed by atoms with E-state index < -0.39 is 20.5 Å². The lowest BCUT2D eigenvalue weighted by Crippen LogP contribution is -2.32. The molecule has 0 aliphatic rings. The van der Waals surface area contributed by atoms with Crippen molar-refractivity contribution in [3.05, 3.63) is 18.7 Å². The molecule has 0 atom stereocenters. The summed E-state index contributed by atoms with van der Waals surface area (Å²) in [5, 5.41) is 0. The smallest absolute Gasteiger partial charge is 0.265 e. The van der Waals surface area contributed by atoms with Gasteiger partial charge in [-0.3, -0.25) is 9.11 Å². The number of nitrogens with zero attached hydrogens (tertiary/aromatic N) is 2. The van der Waals surface area contributed by atoms with E-state index in [1.54, 1.807) is 0 Å². The van der Waals surface area contributed by atoms with Gasteiger partial charge in [-0.25, -0.2) is 17.6 Å². The number of hydrogen-bond donors (Lipinski definition) is 2. The molecule has 0 saturated carbocycles. The first-order valence-corrected chi connectivity index (χ1v) is 8.17. The van der Waals surface area contributed by atoms with Crippen molar-refractivity contribution in [3.8, 4) is 0 Å². The Labute approximate surface area is 111 Å². The lowest BCUT2D eigenvalue weighted by atomic mass is 10.5. The highest BCUT2D eigenvalue weighted by molar-refractivity contribution is 7.85. The van der Waals surface area contributed by atoms with Gasteiger partial charge in [0.1, 0.15) is 12.4 Å². The van der Waals surface area contributed by atoms with E-state index >= 15 is 0 Å². The van der Waals surface area contributed by atoms with Crippen molar-refractivity contribution in [2.45, 2.75) is 26.4 Å². The lowest BCUT2D eigenvalue weighted by Gasteiger charge is -1.95. The fourth-order valence-electron chi connectivity index (χ4n) is 1.19. The number of aryl methyl sites for hydroxylation is 2. The van der Waals surface area contributed by atoms with Crippen LogP contribution in [0.25, 0.3) is 0 Å². The van der Waals surface area contributed by atoms with Gasteiger partial charge in [0.15, 0.2) is 0 Å². The highest BCUT2D eigenvalue weighted by Gasteiger charge is 2.06. The van der Waals surface area contributed by atoms with Crippen LogP contribution in [0.4, 0.5) is 0 Å². The van der Waals surface area contributed by atoms with Crippen LogP contribution < -0.4 is 4.57 Å². The quantitative estimate of drug-likeness (QED) is 0.406. The van der Waals surface area contributed by atoms with Crippen molar-refractivity contribution in [1.82, 2.24) is 4.57 Å². The summed E-state index contributed by atoms with van der Waals surface area (Å²) in [6, 6.07) is 0. The zero-order valence-electron chi connectivity index (χ0n) is 10.2. The molecular weight excluding hydrogens is 300 g/mol. The fourth-order valence-corrected chi connectivity index (χ4v) is 1.68. The molecule has 1 rings (SSSR count). The van der Waals surface area contributed by atoms with Gasteiger partial charge in [0.25, 0.3) is 10.1 Å². The Hall–Kier alpha value is -1.01. The summed E-state index contributed by atoms with van der Waals surface area (Å²) in [5.74, 6) is -0.183. The molecule has 9 nitrogen and oxygen atoms in total. The van der Waals surface area contributed by atoms with Crippen LogP contribution in [0.3, 0.4) is 0 Å². The maximum atomic E-state index is 10.4. The zero-order valence-corrected chi connectivity index (χ0v) is 11.8. The SMILES string of the molecule is CCn1cc[n+](CCCS(=O)(=O)O)c1.O=S(=O)([O-])O. The van der Waals surface area contributed by atoms with Gasteiger partial charge in [-0.15, -0.1) is 0 Å². The van der Waals surface area contributed by atoms with E-state index in [9.17, 15) is 8.42 Å². The normalized spacial score (nSPS) is 11.8. The standard InChI is InChI=1S/C8H14N2O3S.H2O4S/c1-2-9-5-6-10(8-9)4-3-7-14(11,12)13;1-5(2,3)4/h5-6,8H,2-4,7H2,1H3;(H2,1,2,3,4). The molecule has 1 heterocycles. The van der Waals surface area contributed by atoms with Crippen molar-refractivity contribution in [2.24, 2.45) is 0 Å². The second-order valence-corrected chi connectivity index (χ2v) is 5.98. The first kappa shape index (κ1) is 18.0. The van der Waals surface area contributed by atoms with Gasteiger partial charge in [0, 0.05) is 6.42 Å². The minimum atomic E-state index is -4.92. The zero-order chi connectivity index (χ0) is 15.1. The Bertz CT molecular complexity index is 568. The largest absolute Gasteiger partial charge is 0.726 e. The topological polar surface area (TPSA) is 141 Å².